The summed E-state index contributed by atoms with van der Waals surface area (Å²) in [6.45, 7) is 4.23. The first kappa shape index (κ1) is 20.9. The molecular formula is C11H26Cl2O2. The zero-order chi connectivity index (χ0) is 10.1. The molecule has 0 aromatic rings. The van der Waals surface area contributed by atoms with E-state index in [1.54, 1.807) is 0 Å². The maximum absolute atomic E-state index is 9.52. The number of aliphatic hydroxyl groups is 2. The van der Waals surface area contributed by atoms with Crippen LogP contribution in [-0.2, 0) is 0 Å². The molecule has 0 saturated carbocycles. The number of unbranched alkanes of at least 4 members (excludes halogenated alkanes) is 3. The van der Waals surface area contributed by atoms with Crippen molar-refractivity contribution in [1.82, 2.24) is 0 Å². The fourth-order valence-electron chi connectivity index (χ4n) is 1.40. The van der Waals surface area contributed by atoms with Crippen LogP contribution < -0.4 is 0 Å². The van der Waals surface area contributed by atoms with Gasteiger partial charge in [0.2, 0.25) is 0 Å². The first-order valence-electron chi connectivity index (χ1n) is 5.58. The van der Waals surface area contributed by atoms with Crippen molar-refractivity contribution in [3.63, 3.8) is 0 Å². The van der Waals surface area contributed by atoms with Crippen LogP contribution in [-0.4, -0.2) is 22.4 Å². The van der Waals surface area contributed by atoms with Crippen LogP contribution in [0.1, 0.15) is 58.8 Å². The van der Waals surface area contributed by atoms with Gasteiger partial charge in [-0.15, -0.1) is 24.8 Å². The van der Waals surface area contributed by atoms with Gasteiger partial charge in [-0.05, 0) is 12.8 Å². The Hall–Kier alpha value is 0.500. The van der Waals surface area contributed by atoms with Gasteiger partial charge < -0.3 is 10.2 Å². The molecule has 0 bridgehead atoms. The second kappa shape index (κ2) is 14.5. The molecule has 0 rings (SSSR count). The third-order valence-electron chi connectivity index (χ3n) is 2.40. The van der Waals surface area contributed by atoms with Crippen molar-refractivity contribution in [2.45, 2.75) is 71.0 Å². The number of aliphatic hydroxyl groups excluding tert-OH is 2. The van der Waals surface area contributed by atoms with Crippen molar-refractivity contribution < 1.29 is 10.2 Å². The van der Waals surface area contributed by atoms with Crippen LogP contribution in [0.2, 0.25) is 0 Å². The second-order valence-corrected chi connectivity index (χ2v) is 3.77. The quantitative estimate of drug-likeness (QED) is 0.658. The molecule has 0 amide bonds. The summed E-state index contributed by atoms with van der Waals surface area (Å²) in [7, 11) is 0. The van der Waals surface area contributed by atoms with Crippen LogP contribution in [0.15, 0.2) is 0 Å². The van der Waals surface area contributed by atoms with E-state index in [2.05, 4.69) is 13.8 Å². The monoisotopic (exact) mass is 260 g/mol. The van der Waals surface area contributed by atoms with Crippen molar-refractivity contribution in [3.05, 3.63) is 0 Å². The third-order valence-corrected chi connectivity index (χ3v) is 2.40. The van der Waals surface area contributed by atoms with E-state index < -0.39 is 12.2 Å². The zero-order valence-electron chi connectivity index (χ0n) is 9.82. The minimum Gasteiger partial charge on any atom is -0.390 e. The van der Waals surface area contributed by atoms with Gasteiger partial charge in [0.05, 0.1) is 12.2 Å². The molecule has 2 N–H and O–H groups in total. The molecule has 2 atom stereocenters. The molecule has 96 valence electrons. The molecule has 0 aliphatic heterocycles. The van der Waals surface area contributed by atoms with Crippen molar-refractivity contribution in [3.8, 4) is 0 Å². The predicted molar refractivity (Wildman–Crippen MR) is 70.2 cm³/mol. The van der Waals surface area contributed by atoms with Crippen molar-refractivity contribution in [2.24, 2.45) is 0 Å². The van der Waals surface area contributed by atoms with E-state index in [0.29, 0.717) is 0 Å². The van der Waals surface area contributed by atoms with E-state index in [9.17, 15) is 10.2 Å². The highest BCUT2D eigenvalue weighted by atomic mass is 35.5. The van der Waals surface area contributed by atoms with Gasteiger partial charge in [-0.25, -0.2) is 0 Å². The highest BCUT2D eigenvalue weighted by molar-refractivity contribution is 5.85. The summed E-state index contributed by atoms with van der Waals surface area (Å²) in [5, 5.41) is 19.0. The van der Waals surface area contributed by atoms with Gasteiger partial charge in [0.1, 0.15) is 0 Å². The van der Waals surface area contributed by atoms with E-state index in [1.165, 1.54) is 0 Å². The fraction of sp³-hybridized carbons (Fsp3) is 1.00. The summed E-state index contributed by atoms with van der Waals surface area (Å²) in [6, 6.07) is 0. The van der Waals surface area contributed by atoms with Crippen LogP contribution in [0, 0.1) is 0 Å². The van der Waals surface area contributed by atoms with Gasteiger partial charge in [-0.3, -0.25) is 0 Å². The minimum absolute atomic E-state index is 0. The Bertz CT molecular complexity index is 113. The topological polar surface area (TPSA) is 40.5 Å². The molecule has 0 aromatic heterocycles. The Morgan fingerprint density at radius 1 is 0.733 bits per heavy atom. The number of hydrogen-bond donors (Lipinski definition) is 2. The number of rotatable bonds is 8. The van der Waals surface area contributed by atoms with Crippen molar-refractivity contribution in [1.29, 1.82) is 0 Å². The maximum Gasteiger partial charge on any atom is 0.0799 e. The normalized spacial score (nSPS) is 13.6. The lowest BCUT2D eigenvalue weighted by Crippen LogP contribution is -2.25. The summed E-state index contributed by atoms with van der Waals surface area (Å²) in [6.07, 6.45) is 5.92. The van der Waals surface area contributed by atoms with Gasteiger partial charge in [0.25, 0.3) is 0 Å². The average Bonchev–Trinajstić information content (AvgIpc) is 2.14. The highest BCUT2D eigenvalue weighted by Crippen LogP contribution is 2.11. The lowest BCUT2D eigenvalue weighted by molar-refractivity contribution is 0.00744. The highest BCUT2D eigenvalue weighted by Gasteiger charge is 2.14. The average molecular weight is 261 g/mol. The van der Waals surface area contributed by atoms with E-state index in [0.717, 1.165) is 44.9 Å². The Morgan fingerprint density at radius 3 is 1.53 bits per heavy atom. The van der Waals surface area contributed by atoms with Crippen LogP contribution >= 0.6 is 24.8 Å². The SMILES string of the molecule is CCCCCC(O)C(O)CCCC.Cl.Cl. The molecule has 15 heavy (non-hydrogen) atoms. The summed E-state index contributed by atoms with van der Waals surface area (Å²) < 4.78 is 0. The molecule has 0 fully saturated rings. The third kappa shape index (κ3) is 12.4. The molecular weight excluding hydrogens is 235 g/mol. The van der Waals surface area contributed by atoms with Crippen LogP contribution in [0.4, 0.5) is 0 Å². The first-order valence-corrected chi connectivity index (χ1v) is 5.58. The Morgan fingerprint density at radius 2 is 1.13 bits per heavy atom. The summed E-state index contributed by atoms with van der Waals surface area (Å²) >= 11 is 0. The van der Waals surface area contributed by atoms with Crippen molar-refractivity contribution >= 4 is 24.8 Å². The van der Waals surface area contributed by atoms with Crippen LogP contribution in [0.25, 0.3) is 0 Å². The molecule has 0 aromatic carbocycles. The summed E-state index contributed by atoms with van der Waals surface area (Å²) in [5.41, 5.74) is 0. The van der Waals surface area contributed by atoms with Gasteiger partial charge in [0.15, 0.2) is 0 Å². The van der Waals surface area contributed by atoms with E-state index in [-0.39, 0.29) is 24.8 Å². The summed E-state index contributed by atoms with van der Waals surface area (Å²) in [5.74, 6) is 0. The van der Waals surface area contributed by atoms with Gasteiger partial charge in [-0.1, -0.05) is 46.0 Å². The summed E-state index contributed by atoms with van der Waals surface area (Å²) in [4.78, 5) is 0. The van der Waals surface area contributed by atoms with Crippen molar-refractivity contribution in [2.75, 3.05) is 0 Å². The minimum atomic E-state index is -0.503. The molecule has 2 unspecified atom stereocenters. The van der Waals surface area contributed by atoms with E-state index in [1.807, 2.05) is 0 Å². The molecule has 0 aliphatic carbocycles. The Kier molecular flexibility index (Phi) is 20.2. The Labute approximate surface area is 106 Å². The molecule has 0 heterocycles. The van der Waals surface area contributed by atoms with Gasteiger partial charge in [0, 0.05) is 0 Å². The lowest BCUT2D eigenvalue weighted by Gasteiger charge is -2.17. The number of hydrogen-bond acceptors (Lipinski definition) is 2. The van der Waals surface area contributed by atoms with Gasteiger partial charge in [-0.2, -0.15) is 0 Å². The second-order valence-electron chi connectivity index (χ2n) is 3.77. The molecule has 2 nitrogen and oxygen atoms in total. The maximum atomic E-state index is 9.52. The molecule has 0 spiro atoms. The van der Waals surface area contributed by atoms with E-state index in [4.69, 9.17) is 0 Å². The standard InChI is InChI=1S/C11H24O2.2ClH/c1-3-5-7-9-11(13)10(12)8-6-4-2;;/h10-13H,3-9H2,1-2H3;2*1H. The largest absolute Gasteiger partial charge is 0.390 e. The zero-order valence-corrected chi connectivity index (χ0v) is 11.4. The molecule has 0 radical (unpaired) electrons. The Balaban J connectivity index is -0.000000720. The first-order chi connectivity index (χ1) is 6.22. The molecule has 0 aliphatic rings. The predicted octanol–water partition coefficient (Wildman–Crippen LogP) is 3.32. The van der Waals surface area contributed by atoms with Gasteiger partial charge >= 0.3 is 0 Å². The molecule has 4 heteroatoms. The lowest BCUT2D eigenvalue weighted by atomic mass is 10.0. The van der Waals surface area contributed by atoms with Crippen LogP contribution in [0.5, 0.6) is 0 Å². The number of halogens is 2. The molecule has 0 saturated heterocycles. The smallest absolute Gasteiger partial charge is 0.0799 e. The van der Waals surface area contributed by atoms with E-state index >= 15 is 0 Å². The fourth-order valence-corrected chi connectivity index (χ4v) is 1.40. The van der Waals surface area contributed by atoms with Crippen LogP contribution in [0.3, 0.4) is 0 Å².